The third-order valence-corrected chi connectivity index (χ3v) is 4.32. The maximum Gasteiger partial charge on any atom is 0.233 e. The van der Waals surface area contributed by atoms with Crippen LogP contribution in [0.3, 0.4) is 0 Å². The van der Waals surface area contributed by atoms with Crippen LogP contribution in [-0.4, -0.2) is 39.1 Å². The number of likely N-dealkylation sites (tertiary alicyclic amines) is 1. The van der Waals surface area contributed by atoms with Crippen LogP contribution in [0.1, 0.15) is 32.6 Å². The summed E-state index contributed by atoms with van der Waals surface area (Å²) in [4.78, 5) is 22.4. The number of rotatable bonds is 4. The molecule has 0 bridgehead atoms. The molecular formula is C13H21N5OS. The standard InChI is InChI=1S/C13H21N5OS/c1-2-9-5-3-4-6-18(9)12(19)8-20-13-16-10(14)7-11(15)17-13/h7,9H,2-6,8H2,1H3,(H4,14,15,16,17)/t9-/m0/s1. The highest BCUT2D eigenvalue weighted by atomic mass is 32.2. The maximum absolute atomic E-state index is 12.3. The van der Waals surface area contributed by atoms with Gasteiger partial charge in [-0.05, 0) is 25.7 Å². The second kappa shape index (κ2) is 6.78. The number of aromatic nitrogens is 2. The lowest BCUT2D eigenvalue weighted by molar-refractivity contribution is -0.132. The van der Waals surface area contributed by atoms with E-state index in [0.29, 0.717) is 28.6 Å². The van der Waals surface area contributed by atoms with Crippen molar-refractivity contribution in [3.05, 3.63) is 6.07 Å². The lowest BCUT2D eigenvalue weighted by Crippen LogP contribution is -2.44. The van der Waals surface area contributed by atoms with Crippen LogP contribution in [0.25, 0.3) is 0 Å². The van der Waals surface area contributed by atoms with Crippen molar-refractivity contribution in [1.82, 2.24) is 14.9 Å². The second-order valence-corrected chi connectivity index (χ2v) is 5.88. The van der Waals surface area contributed by atoms with E-state index in [1.165, 1.54) is 24.2 Å². The molecule has 1 amide bonds. The molecule has 1 aliphatic rings. The minimum absolute atomic E-state index is 0.145. The van der Waals surface area contributed by atoms with Crippen LogP contribution in [0.4, 0.5) is 11.6 Å². The lowest BCUT2D eigenvalue weighted by atomic mass is 10.0. The molecule has 110 valence electrons. The van der Waals surface area contributed by atoms with Gasteiger partial charge in [0.1, 0.15) is 11.6 Å². The molecule has 7 heteroatoms. The van der Waals surface area contributed by atoms with Gasteiger partial charge in [-0.15, -0.1) is 0 Å². The average molecular weight is 295 g/mol. The predicted octanol–water partition coefficient (Wildman–Crippen LogP) is 1.52. The van der Waals surface area contributed by atoms with E-state index in [1.807, 2.05) is 4.90 Å². The first-order chi connectivity index (χ1) is 9.60. The number of carbonyl (C=O) groups is 1. The Labute approximate surface area is 123 Å². The van der Waals surface area contributed by atoms with Gasteiger partial charge in [-0.1, -0.05) is 18.7 Å². The smallest absolute Gasteiger partial charge is 0.233 e. The number of nitrogen functional groups attached to an aromatic ring is 2. The number of thioether (sulfide) groups is 1. The summed E-state index contributed by atoms with van der Waals surface area (Å²) in [6.07, 6.45) is 4.42. The Morgan fingerprint density at radius 3 is 2.75 bits per heavy atom. The molecule has 1 aromatic rings. The molecule has 6 nitrogen and oxygen atoms in total. The summed E-state index contributed by atoms with van der Waals surface area (Å²) in [6.45, 7) is 2.99. The number of nitrogens with zero attached hydrogens (tertiary/aromatic N) is 3. The largest absolute Gasteiger partial charge is 0.383 e. The Kier molecular flexibility index (Phi) is 5.05. The molecule has 1 aliphatic heterocycles. The molecular weight excluding hydrogens is 274 g/mol. The Balaban J connectivity index is 1.94. The van der Waals surface area contributed by atoms with Gasteiger partial charge in [0.15, 0.2) is 5.16 Å². The first-order valence-corrected chi connectivity index (χ1v) is 7.91. The monoisotopic (exact) mass is 295 g/mol. The van der Waals surface area contributed by atoms with E-state index in [2.05, 4.69) is 16.9 Å². The minimum atomic E-state index is 0.145. The van der Waals surface area contributed by atoms with E-state index >= 15 is 0 Å². The molecule has 1 atom stereocenters. The number of anilines is 2. The summed E-state index contributed by atoms with van der Waals surface area (Å²) in [5.74, 6) is 1.14. The fraction of sp³-hybridized carbons (Fsp3) is 0.615. The van der Waals surface area contributed by atoms with Crippen molar-refractivity contribution in [2.45, 2.75) is 43.8 Å². The van der Waals surface area contributed by atoms with E-state index in [4.69, 9.17) is 11.5 Å². The molecule has 2 rings (SSSR count). The first kappa shape index (κ1) is 14.9. The Hall–Kier alpha value is -1.50. The van der Waals surface area contributed by atoms with Gasteiger partial charge in [0.2, 0.25) is 5.91 Å². The van der Waals surface area contributed by atoms with Crippen LogP contribution in [0.5, 0.6) is 0 Å². The van der Waals surface area contributed by atoms with Crippen molar-refractivity contribution in [2.75, 3.05) is 23.8 Å². The van der Waals surface area contributed by atoms with Crippen molar-refractivity contribution < 1.29 is 4.79 Å². The summed E-state index contributed by atoms with van der Waals surface area (Å²) >= 11 is 1.29. The fourth-order valence-corrected chi connectivity index (χ4v) is 3.25. The van der Waals surface area contributed by atoms with Crippen molar-refractivity contribution in [2.24, 2.45) is 0 Å². The second-order valence-electron chi connectivity index (χ2n) is 4.93. The zero-order valence-corrected chi connectivity index (χ0v) is 12.5. The summed E-state index contributed by atoms with van der Waals surface area (Å²) in [5.41, 5.74) is 11.2. The first-order valence-electron chi connectivity index (χ1n) is 6.92. The van der Waals surface area contributed by atoms with Gasteiger partial charge in [0, 0.05) is 18.7 Å². The van der Waals surface area contributed by atoms with Gasteiger partial charge in [-0.3, -0.25) is 4.79 Å². The Morgan fingerprint density at radius 2 is 2.10 bits per heavy atom. The summed E-state index contributed by atoms with van der Waals surface area (Å²) in [5, 5.41) is 0.459. The van der Waals surface area contributed by atoms with E-state index in [-0.39, 0.29) is 5.91 Å². The number of hydrogen-bond donors (Lipinski definition) is 2. The summed E-state index contributed by atoms with van der Waals surface area (Å²) < 4.78 is 0. The Morgan fingerprint density at radius 1 is 1.40 bits per heavy atom. The number of carbonyl (C=O) groups excluding carboxylic acids is 1. The van der Waals surface area contributed by atoms with Gasteiger partial charge in [-0.2, -0.15) is 0 Å². The highest BCUT2D eigenvalue weighted by Gasteiger charge is 2.25. The molecule has 2 heterocycles. The zero-order valence-electron chi connectivity index (χ0n) is 11.7. The third-order valence-electron chi connectivity index (χ3n) is 3.49. The number of nitrogens with two attached hydrogens (primary N) is 2. The zero-order chi connectivity index (χ0) is 14.5. The van der Waals surface area contributed by atoms with Gasteiger partial charge < -0.3 is 16.4 Å². The molecule has 0 aromatic carbocycles. The fourth-order valence-electron chi connectivity index (χ4n) is 2.49. The summed E-state index contributed by atoms with van der Waals surface area (Å²) in [6, 6.07) is 1.88. The van der Waals surface area contributed by atoms with Crippen molar-refractivity contribution in [1.29, 1.82) is 0 Å². The number of hydrogen-bond acceptors (Lipinski definition) is 6. The van der Waals surface area contributed by atoms with E-state index in [0.717, 1.165) is 25.8 Å². The van der Waals surface area contributed by atoms with Crippen LogP contribution < -0.4 is 11.5 Å². The molecule has 0 saturated carbocycles. The average Bonchev–Trinajstić information content (AvgIpc) is 2.43. The van der Waals surface area contributed by atoms with Gasteiger partial charge >= 0.3 is 0 Å². The lowest BCUT2D eigenvalue weighted by Gasteiger charge is -2.35. The van der Waals surface area contributed by atoms with Crippen LogP contribution in [0.15, 0.2) is 11.2 Å². The van der Waals surface area contributed by atoms with Gasteiger partial charge in [0.25, 0.3) is 0 Å². The predicted molar refractivity (Wildman–Crippen MR) is 81.2 cm³/mol. The van der Waals surface area contributed by atoms with Crippen molar-refractivity contribution in [3.8, 4) is 0 Å². The van der Waals surface area contributed by atoms with E-state index < -0.39 is 0 Å². The minimum Gasteiger partial charge on any atom is -0.383 e. The van der Waals surface area contributed by atoms with Crippen molar-refractivity contribution >= 4 is 29.3 Å². The van der Waals surface area contributed by atoms with Gasteiger partial charge in [0.05, 0.1) is 5.75 Å². The normalized spacial score (nSPS) is 19.1. The SMILES string of the molecule is CC[C@H]1CCCCN1C(=O)CSc1nc(N)cc(N)n1. The number of amides is 1. The maximum atomic E-state index is 12.3. The molecule has 20 heavy (non-hydrogen) atoms. The quantitative estimate of drug-likeness (QED) is 0.645. The molecule has 4 N–H and O–H groups in total. The van der Waals surface area contributed by atoms with E-state index in [9.17, 15) is 4.79 Å². The molecule has 1 saturated heterocycles. The molecule has 0 unspecified atom stereocenters. The molecule has 1 fully saturated rings. The third kappa shape index (κ3) is 3.75. The summed E-state index contributed by atoms with van der Waals surface area (Å²) in [7, 11) is 0. The topological polar surface area (TPSA) is 98.1 Å². The highest BCUT2D eigenvalue weighted by molar-refractivity contribution is 7.99. The molecule has 0 radical (unpaired) electrons. The van der Waals surface area contributed by atoms with Crippen LogP contribution in [-0.2, 0) is 4.79 Å². The highest BCUT2D eigenvalue weighted by Crippen LogP contribution is 2.22. The van der Waals surface area contributed by atoms with Crippen LogP contribution in [0.2, 0.25) is 0 Å². The van der Waals surface area contributed by atoms with E-state index in [1.54, 1.807) is 0 Å². The molecule has 1 aromatic heterocycles. The van der Waals surface area contributed by atoms with Crippen LogP contribution in [0, 0.1) is 0 Å². The van der Waals surface area contributed by atoms with Crippen LogP contribution >= 0.6 is 11.8 Å². The Bertz CT molecular complexity index is 462. The van der Waals surface area contributed by atoms with Crippen molar-refractivity contribution in [3.63, 3.8) is 0 Å². The molecule has 0 aliphatic carbocycles. The number of piperidine rings is 1. The molecule has 0 spiro atoms. The van der Waals surface area contributed by atoms with Gasteiger partial charge in [-0.25, -0.2) is 9.97 Å².